The number of pyridine rings is 1. The summed E-state index contributed by atoms with van der Waals surface area (Å²) in [6.45, 7) is 2.24. The van der Waals surface area contributed by atoms with E-state index in [1.165, 1.54) is 13.0 Å². The summed E-state index contributed by atoms with van der Waals surface area (Å²) in [6, 6.07) is 10.4. The second kappa shape index (κ2) is 10.1. The monoisotopic (exact) mass is 447 g/mol. The topological polar surface area (TPSA) is 138 Å². The molecule has 12 heteroatoms. The number of nitrogens with zero attached hydrogens (tertiary/aromatic N) is 3. The van der Waals surface area contributed by atoms with Gasteiger partial charge in [-0.2, -0.15) is 0 Å². The van der Waals surface area contributed by atoms with Gasteiger partial charge >= 0.3 is 0 Å². The second-order valence-electron chi connectivity index (χ2n) is 6.13. The van der Waals surface area contributed by atoms with Crippen molar-refractivity contribution in [2.24, 2.45) is 0 Å². The Morgan fingerprint density at radius 2 is 1.87 bits per heavy atom. The molecule has 3 aromatic rings. The highest BCUT2D eigenvalue weighted by Gasteiger charge is 2.16. The van der Waals surface area contributed by atoms with Crippen molar-refractivity contribution >= 4 is 44.6 Å². The van der Waals surface area contributed by atoms with Gasteiger partial charge in [-0.25, -0.2) is 13.1 Å². The fourth-order valence-electron chi connectivity index (χ4n) is 2.33. The summed E-state index contributed by atoms with van der Waals surface area (Å²) in [6.07, 6.45) is 3.36. The lowest BCUT2D eigenvalue weighted by molar-refractivity contribution is -0.119. The standard InChI is InChI=1S/C18H21N7O3S2/c1-13(26)21-12-15-4-7-18(29-15)30(27,28)22-10-9-20-16-5-6-17(25-24-16)23-14-3-2-8-19-11-14/h2-8,11,22H,9-10,12H2,1H3,(H,20,24)(H,21,26)(H,23,25). The molecule has 0 aliphatic heterocycles. The van der Waals surface area contributed by atoms with Gasteiger partial charge in [0.2, 0.25) is 15.9 Å². The molecule has 0 aliphatic carbocycles. The van der Waals surface area contributed by atoms with Crippen LogP contribution in [-0.4, -0.2) is 42.6 Å². The molecule has 158 valence electrons. The number of anilines is 3. The Labute approximate surface area is 178 Å². The van der Waals surface area contributed by atoms with Gasteiger partial charge in [0.1, 0.15) is 10.0 Å². The number of sulfonamides is 1. The van der Waals surface area contributed by atoms with Crippen LogP contribution in [0.1, 0.15) is 11.8 Å². The molecular weight excluding hydrogens is 426 g/mol. The third-order valence-corrected chi connectivity index (χ3v) is 6.77. The number of amides is 1. The Kier molecular flexibility index (Phi) is 7.27. The molecule has 0 fully saturated rings. The minimum atomic E-state index is -3.61. The molecule has 3 rings (SSSR count). The average molecular weight is 448 g/mol. The lowest BCUT2D eigenvalue weighted by Gasteiger charge is -2.08. The Bertz CT molecular complexity index is 1070. The molecular formula is C18H21N7O3S2. The highest BCUT2D eigenvalue weighted by Crippen LogP contribution is 2.21. The molecule has 0 bridgehead atoms. The van der Waals surface area contributed by atoms with E-state index in [2.05, 4.69) is 35.9 Å². The quantitative estimate of drug-likeness (QED) is 0.345. The van der Waals surface area contributed by atoms with E-state index >= 15 is 0 Å². The first kappa shape index (κ1) is 21.6. The van der Waals surface area contributed by atoms with Crippen molar-refractivity contribution in [1.29, 1.82) is 0 Å². The third kappa shape index (κ3) is 6.47. The van der Waals surface area contributed by atoms with Crippen LogP contribution in [0.25, 0.3) is 0 Å². The van der Waals surface area contributed by atoms with Crippen LogP contribution in [0.4, 0.5) is 17.3 Å². The zero-order chi connectivity index (χ0) is 21.4. The zero-order valence-corrected chi connectivity index (χ0v) is 17.8. The lowest BCUT2D eigenvalue weighted by Crippen LogP contribution is -2.28. The molecule has 0 aliphatic rings. The highest BCUT2D eigenvalue weighted by molar-refractivity contribution is 7.91. The molecule has 3 aromatic heterocycles. The van der Waals surface area contributed by atoms with Crippen LogP contribution in [0.3, 0.4) is 0 Å². The molecule has 0 spiro atoms. The summed E-state index contributed by atoms with van der Waals surface area (Å²) in [7, 11) is -3.61. The Balaban J connectivity index is 1.44. The van der Waals surface area contributed by atoms with Gasteiger partial charge in [0.05, 0.1) is 18.4 Å². The van der Waals surface area contributed by atoms with Crippen molar-refractivity contribution in [2.45, 2.75) is 17.7 Å². The van der Waals surface area contributed by atoms with Gasteiger partial charge in [0, 0.05) is 31.1 Å². The summed E-state index contributed by atoms with van der Waals surface area (Å²) in [5.74, 6) is 0.933. The highest BCUT2D eigenvalue weighted by atomic mass is 32.2. The van der Waals surface area contributed by atoms with Gasteiger partial charge in [-0.3, -0.25) is 9.78 Å². The Morgan fingerprint density at radius 1 is 1.07 bits per heavy atom. The number of carbonyl (C=O) groups excluding carboxylic acids is 1. The summed E-state index contributed by atoms with van der Waals surface area (Å²) in [5.41, 5.74) is 0.802. The van der Waals surface area contributed by atoms with E-state index in [4.69, 9.17) is 0 Å². The Hall–Kier alpha value is -3.09. The molecule has 3 heterocycles. The molecule has 4 N–H and O–H groups in total. The molecule has 0 saturated heterocycles. The molecule has 0 radical (unpaired) electrons. The van der Waals surface area contributed by atoms with Gasteiger partial charge in [-0.05, 0) is 36.4 Å². The summed E-state index contributed by atoms with van der Waals surface area (Å²) < 4.78 is 27.4. The molecule has 10 nitrogen and oxygen atoms in total. The zero-order valence-electron chi connectivity index (χ0n) is 16.1. The summed E-state index contributed by atoms with van der Waals surface area (Å²) in [5, 5.41) is 16.8. The average Bonchev–Trinajstić information content (AvgIpc) is 3.22. The number of hydrogen-bond donors (Lipinski definition) is 4. The molecule has 0 aromatic carbocycles. The van der Waals surface area contributed by atoms with E-state index in [1.54, 1.807) is 30.6 Å². The Morgan fingerprint density at radius 3 is 2.57 bits per heavy atom. The number of thiophene rings is 1. The summed E-state index contributed by atoms with van der Waals surface area (Å²) >= 11 is 1.12. The van der Waals surface area contributed by atoms with Crippen molar-refractivity contribution in [3.8, 4) is 0 Å². The predicted octanol–water partition coefficient (Wildman–Crippen LogP) is 1.70. The predicted molar refractivity (Wildman–Crippen MR) is 115 cm³/mol. The maximum Gasteiger partial charge on any atom is 0.250 e. The fraction of sp³-hybridized carbons (Fsp3) is 0.222. The van der Waals surface area contributed by atoms with Crippen LogP contribution < -0.4 is 20.7 Å². The first-order chi connectivity index (χ1) is 14.4. The molecule has 30 heavy (non-hydrogen) atoms. The van der Waals surface area contributed by atoms with Crippen molar-refractivity contribution in [3.05, 3.63) is 53.7 Å². The molecule has 1 amide bonds. The van der Waals surface area contributed by atoms with E-state index < -0.39 is 10.0 Å². The molecule has 0 saturated carbocycles. The van der Waals surface area contributed by atoms with Gasteiger partial charge in [0.25, 0.3) is 0 Å². The van der Waals surface area contributed by atoms with Crippen LogP contribution in [-0.2, 0) is 21.4 Å². The van der Waals surface area contributed by atoms with Crippen molar-refractivity contribution in [1.82, 2.24) is 25.2 Å². The van der Waals surface area contributed by atoms with E-state index in [9.17, 15) is 13.2 Å². The second-order valence-corrected chi connectivity index (χ2v) is 9.29. The van der Waals surface area contributed by atoms with Gasteiger partial charge < -0.3 is 16.0 Å². The van der Waals surface area contributed by atoms with Crippen LogP contribution >= 0.6 is 11.3 Å². The molecule has 0 unspecified atom stereocenters. The minimum absolute atomic E-state index is 0.166. The minimum Gasteiger partial charge on any atom is -0.367 e. The van der Waals surface area contributed by atoms with E-state index in [0.29, 0.717) is 24.7 Å². The van der Waals surface area contributed by atoms with Gasteiger partial charge in [-0.15, -0.1) is 21.5 Å². The normalized spacial score (nSPS) is 11.1. The largest absolute Gasteiger partial charge is 0.367 e. The number of hydrogen-bond acceptors (Lipinski definition) is 9. The van der Waals surface area contributed by atoms with Gasteiger partial charge in [-0.1, -0.05) is 0 Å². The fourth-order valence-corrected chi connectivity index (χ4v) is 4.71. The smallest absolute Gasteiger partial charge is 0.250 e. The third-order valence-electron chi connectivity index (χ3n) is 3.74. The van der Waals surface area contributed by atoms with E-state index in [1.807, 2.05) is 12.1 Å². The van der Waals surface area contributed by atoms with E-state index in [-0.39, 0.29) is 16.7 Å². The van der Waals surface area contributed by atoms with Crippen LogP contribution in [0.2, 0.25) is 0 Å². The van der Waals surface area contributed by atoms with Crippen LogP contribution in [0.5, 0.6) is 0 Å². The lowest BCUT2D eigenvalue weighted by atomic mass is 10.4. The maximum absolute atomic E-state index is 12.4. The van der Waals surface area contributed by atoms with Gasteiger partial charge in [0.15, 0.2) is 5.82 Å². The van der Waals surface area contributed by atoms with Crippen molar-refractivity contribution < 1.29 is 13.2 Å². The van der Waals surface area contributed by atoms with Crippen molar-refractivity contribution in [3.63, 3.8) is 0 Å². The first-order valence-electron chi connectivity index (χ1n) is 9.00. The SMILES string of the molecule is CC(=O)NCc1ccc(S(=O)(=O)NCCNc2ccc(Nc3cccnc3)nn2)s1. The van der Waals surface area contributed by atoms with Crippen molar-refractivity contribution in [2.75, 3.05) is 23.7 Å². The first-order valence-corrected chi connectivity index (χ1v) is 11.3. The number of rotatable bonds is 10. The number of nitrogens with one attached hydrogen (secondary N) is 4. The van der Waals surface area contributed by atoms with Crippen LogP contribution in [0.15, 0.2) is 53.0 Å². The van der Waals surface area contributed by atoms with Crippen LogP contribution in [0, 0.1) is 0 Å². The van der Waals surface area contributed by atoms with E-state index in [0.717, 1.165) is 21.9 Å². The number of carbonyl (C=O) groups is 1. The molecule has 0 atom stereocenters. The number of aromatic nitrogens is 3. The summed E-state index contributed by atoms with van der Waals surface area (Å²) in [4.78, 5) is 15.7. The maximum atomic E-state index is 12.4.